The molecule has 0 saturated heterocycles. The Balaban J connectivity index is 5.48. The zero-order chi connectivity index (χ0) is 25.2. The monoisotopic (exact) mass is 556 g/mol. The number of methoxy groups -OCH3 is 1. The van der Waals surface area contributed by atoms with Gasteiger partial charge in [-0.2, -0.15) is 0 Å². The average molecular weight is 556 g/mol. The molecule has 0 amide bonds. The first-order valence-electron chi connectivity index (χ1n) is 8.59. The van der Waals surface area contributed by atoms with Gasteiger partial charge in [-0.3, -0.25) is 18.1 Å². The zero-order valence-electron chi connectivity index (χ0n) is 16.7. The molecule has 32 heavy (non-hydrogen) atoms. The van der Waals surface area contributed by atoms with Gasteiger partial charge in [0.15, 0.2) is 0 Å². The van der Waals surface area contributed by atoms with Gasteiger partial charge < -0.3 is 43.9 Å². The second-order valence-electron chi connectivity index (χ2n) is 6.67. The number of rotatable bonds is 18. The Hall–Kier alpha value is 0.400. The molecule has 2 unspecified atom stereocenters. The van der Waals surface area contributed by atoms with E-state index in [9.17, 15) is 18.3 Å². The maximum atomic E-state index is 11.1. The highest BCUT2D eigenvalue weighted by Crippen LogP contribution is 2.42. The third-order valence-corrected chi connectivity index (χ3v) is 5.59. The fourth-order valence-electron chi connectivity index (χ4n) is 2.59. The molecule has 0 spiro atoms. The van der Waals surface area contributed by atoms with E-state index in [1.807, 2.05) is 0 Å². The molecule has 21 heteroatoms. The summed E-state index contributed by atoms with van der Waals surface area (Å²) >= 11 is 0. The minimum atomic E-state index is -4.97. The van der Waals surface area contributed by atoms with Crippen LogP contribution in [0.2, 0.25) is 0 Å². The Kier molecular flexibility index (Phi) is 14.3. The summed E-state index contributed by atoms with van der Waals surface area (Å²) in [5.41, 5.74) is 0. The molecule has 0 radical (unpaired) electrons. The van der Waals surface area contributed by atoms with Crippen LogP contribution in [-0.2, 0) is 41.1 Å². The van der Waals surface area contributed by atoms with Crippen molar-refractivity contribution in [3.8, 4) is 0 Å². The highest BCUT2D eigenvalue weighted by molar-refractivity contribution is 7.47. The molecule has 0 bridgehead atoms. The SMILES string of the molecule is COCC(COP(=O)(O)O)CC(COP(=O)(O)O)CC(COP(=O)(O)O)COP(=O)(O)O. The van der Waals surface area contributed by atoms with E-state index >= 15 is 0 Å². The molecule has 0 rings (SSSR count). The van der Waals surface area contributed by atoms with Gasteiger partial charge in [0.25, 0.3) is 0 Å². The van der Waals surface area contributed by atoms with Crippen molar-refractivity contribution in [2.24, 2.45) is 17.8 Å². The number of phosphoric ester groups is 4. The molecule has 0 heterocycles. The molecular weight excluding hydrogens is 528 g/mol. The summed E-state index contributed by atoms with van der Waals surface area (Å²) in [6.07, 6.45) is -0.327. The molecule has 2 atom stereocenters. The van der Waals surface area contributed by atoms with E-state index in [0.717, 1.165) is 0 Å². The maximum Gasteiger partial charge on any atom is 0.469 e. The van der Waals surface area contributed by atoms with Crippen molar-refractivity contribution in [2.75, 3.05) is 40.1 Å². The summed E-state index contributed by atoms with van der Waals surface area (Å²) in [4.78, 5) is 71.1. The molecular formula is C11H28O17P4. The predicted octanol–water partition coefficient (Wildman–Crippen LogP) is -0.301. The highest BCUT2D eigenvalue weighted by atomic mass is 31.2. The molecule has 0 aliphatic rings. The standard InChI is InChI=1S/C11H28O17P4/c1-24-4-10(6-26-30(15,16)17)2-9(5-25-29(12,13)14)3-11(7-27-31(18,19)20)8-28-32(21,22)23/h9-11H,2-8H2,1H3,(H2,12,13,14)(H2,15,16,17)(H2,18,19,20)(H2,21,22,23). The molecule has 0 aliphatic carbocycles. The second kappa shape index (κ2) is 14.1. The van der Waals surface area contributed by atoms with Gasteiger partial charge >= 0.3 is 31.3 Å². The summed E-state index contributed by atoms with van der Waals surface area (Å²) in [5.74, 6) is -2.70. The van der Waals surface area contributed by atoms with Crippen LogP contribution in [0.3, 0.4) is 0 Å². The van der Waals surface area contributed by atoms with Crippen molar-refractivity contribution >= 4 is 31.3 Å². The van der Waals surface area contributed by atoms with Crippen LogP contribution in [-0.4, -0.2) is 79.3 Å². The molecule has 0 fully saturated rings. The third kappa shape index (κ3) is 21.0. The Morgan fingerprint density at radius 2 is 0.750 bits per heavy atom. The molecule has 0 aromatic rings. The van der Waals surface area contributed by atoms with Crippen LogP contribution in [0.15, 0.2) is 0 Å². The van der Waals surface area contributed by atoms with Gasteiger partial charge in [-0.05, 0) is 18.8 Å². The van der Waals surface area contributed by atoms with Gasteiger partial charge in [0, 0.05) is 18.9 Å². The molecule has 17 nitrogen and oxygen atoms in total. The zero-order valence-corrected chi connectivity index (χ0v) is 20.3. The summed E-state index contributed by atoms with van der Waals surface area (Å²) < 4.78 is 66.4. The lowest BCUT2D eigenvalue weighted by Gasteiger charge is -2.27. The van der Waals surface area contributed by atoms with E-state index < -0.39 is 75.5 Å². The number of hydrogen-bond acceptors (Lipinski definition) is 9. The quantitative estimate of drug-likeness (QED) is 0.101. The van der Waals surface area contributed by atoms with E-state index in [-0.39, 0.29) is 19.4 Å². The molecule has 194 valence electrons. The smallest absolute Gasteiger partial charge is 0.384 e. The van der Waals surface area contributed by atoms with E-state index in [4.69, 9.17) is 43.9 Å². The fourth-order valence-corrected chi connectivity index (χ4v) is 4.21. The second-order valence-corrected chi connectivity index (χ2v) is 11.6. The lowest BCUT2D eigenvalue weighted by atomic mass is 9.88. The van der Waals surface area contributed by atoms with E-state index in [1.54, 1.807) is 0 Å². The van der Waals surface area contributed by atoms with Crippen molar-refractivity contribution in [3.63, 3.8) is 0 Å². The van der Waals surface area contributed by atoms with Crippen molar-refractivity contribution in [2.45, 2.75) is 12.8 Å². The van der Waals surface area contributed by atoms with Gasteiger partial charge in [0.05, 0.1) is 33.0 Å². The largest absolute Gasteiger partial charge is 0.469 e. The maximum absolute atomic E-state index is 11.1. The van der Waals surface area contributed by atoms with Crippen molar-refractivity contribution < 1.29 is 80.2 Å². The summed E-state index contributed by atoms with van der Waals surface area (Å²) in [6, 6.07) is 0. The molecule has 0 aromatic carbocycles. The summed E-state index contributed by atoms with van der Waals surface area (Å²) in [6.45, 7) is -2.75. The Morgan fingerprint density at radius 1 is 0.500 bits per heavy atom. The Morgan fingerprint density at radius 3 is 1.00 bits per heavy atom. The van der Waals surface area contributed by atoms with Gasteiger partial charge in [-0.15, -0.1) is 0 Å². The van der Waals surface area contributed by atoms with Gasteiger partial charge in [-0.1, -0.05) is 0 Å². The minimum Gasteiger partial charge on any atom is -0.384 e. The molecule has 8 N–H and O–H groups in total. The average Bonchev–Trinajstić information content (AvgIpc) is 2.57. The minimum absolute atomic E-state index is 0.0871. The van der Waals surface area contributed by atoms with Crippen molar-refractivity contribution in [3.05, 3.63) is 0 Å². The number of phosphoric acid groups is 4. The van der Waals surface area contributed by atoms with Crippen LogP contribution in [0.4, 0.5) is 0 Å². The summed E-state index contributed by atoms with van der Waals surface area (Å²) in [7, 11) is -18.4. The highest BCUT2D eigenvalue weighted by Gasteiger charge is 2.29. The van der Waals surface area contributed by atoms with Gasteiger partial charge in [0.1, 0.15) is 0 Å². The Bertz CT molecular complexity index is 694. The normalized spacial score (nSPS) is 15.8. The van der Waals surface area contributed by atoms with Gasteiger partial charge in [0.2, 0.25) is 0 Å². The van der Waals surface area contributed by atoms with E-state index in [2.05, 4.69) is 18.1 Å². The van der Waals surface area contributed by atoms with E-state index in [0.29, 0.717) is 0 Å². The summed E-state index contributed by atoms with van der Waals surface area (Å²) in [5, 5.41) is 0. The Labute approximate surface area is 183 Å². The predicted molar refractivity (Wildman–Crippen MR) is 104 cm³/mol. The first kappa shape index (κ1) is 32.4. The van der Waals surface area contributed by atoms with Crippen LogP contribution in [0, 0.1) is 17.8 Å². The first-order chi connectivity index (χ1) is 14.3. The van der Waals surface area contributed by atoms with Crippen molar-refractivity contribution in [1.82, 2.24) is 0 Å². The van der Waals surface area contributed by atoms with Crippen LogP contribution < -0.4 is 0 Å². The molecule has 0 aromatic heterocycles. The third-order valence-electron chi connectivity index (χ3n) is 3.65. The van der Waals surface area contributed by atoms with Crippen LogP contribution in [0.25, 0.3) is 0 Å². The van der Waals surface area contributed by atoms with Crippen LogP contribution in [0.5, 0.6) is 0 Å². The fraction of sp³-hybridized carbons (Fsp3) is 1.00. The van der Waals surface area contributed by atoms with Crippen LogP contribution >= 0.6 is 31.3 Å². The lowest BCUT2D eigenvalue weighted by molar-refractivity contribution is 0.0606. The number of ether oxygens (including phenoxy) is 1. The van der Waals surface area contributed by atoms with E-state index in [1.165, 1.54) is 7.11 Å². The number of hydrogen-bond donors (Lipinski definition) is 8. The topological polar surface area (TPSA) is 276 Å². The first-order valence-corrected chi connectivity index (χ1v) is 14.7. The van der Waals surface area contributed by atoms with Gasteiger partial charge in [-0.25, -0.2) is 18.3 Å². The lowest BCUT2D eigenvalue weighted by Crippen LogP contribution is -2.26. The van der Waals surface area contributed by atoms with Crippen LogP contribution in [0.1, 0.15) is 12.8 Å². The molecule has 0 aliphatic heterocycles. The van der Waals surface area contributed by atoms with Crippen molar-refractivity contribution in [1.29, 1.82) is 0 Å². The molecule has 0 saturated carbocycles.